The van der Waals surface area contributed by atoms with Gasteiger partial charge in [-0.25, -0.2) is 4.79 Å². The van der Waals surface area contributed by atoms with Crippen LogP contribution in [0.15, 0.2) is 0 Å². The minimum Gasteiger partial charge on any atom is -0.480 e. The SMILES string of the molecule is CC(C)C(N)C(=O)NC(CCCCN)C(=O)NC(CCCCN)C(=O)NC(CC(N)=O)C(=O)O. The second-order valence-corrected chi connectivity index (χ2v) is 8.53. The van der Waals surface area contributed by atoms with Crippen molar-refractivity contribution < 1.29 is 29.1 Å². The largest absolute Gasteiger partial charge is 0.480 e. The Kier molecular flexibility index (Phi) is 15.4. The van der Waals surface area contributed by atoms with Crippen LogP contribution in [0.3, 0.4) is 0 Å². The van der Waals surface area contributed by atoms with E-state index in [-0.39, 0.29) is 18.8 Å². The van der Waals surface area contributed by atoms with E-state index >= 15 is 0 Å². The zero-order chi connectivity index (χ0) is 26.3. The second kappa shape index (κ2) is 16.8. The molecule has 0 aromatic rings. The maximum absolute atomic E-state index is 13.0. The highest BCUT2D eigenvalue weighted by molar-refractivity contribution is 5.94. The number of aliphatic carboxylic acids is 1. The Labute approximate surface area is 200 Å². The van der Waals surface area contributed by atoms with E-state index in [1.54, 1.807) is 13.8 Å². The first-order chi connectivity index (χ1) is 15.9. The Balaban J connectivity index is 5.53. The van der Waals surface area contributed by atoms with E-state index in [2.05, 4.69) is 16.0 Å². The minimum atomic E-state index is -1.54. The van der Waals surface area contributed by atoms with E-state index in [9.17, 15) is 29.1 Å². The van der Waals surface area contributed by atoms with Crippen LogP contribution in [0.5, 0.6) is 0 Å². The summed E-state index contributed by atoms with van der Waals surface area (Å²) in [4.78, 5) is 60.7. The predicted octanol–water partition coefficient (Wildman–Crippen LogP) is -2.36. The standard InChI is InChI=1S/C21H41N7O6/c1-12(2)17(25)20(32)27-14(8-4-6-10-23)18(30)26-13(7-3-5-9-22)19(31)28-15(21(33)34)11-16(24)29/h12-15,17H,3-11,22-23,25H2,1-2H3,(H2,24,29)(H,26,30)(H,27,32)(H,28,31)(H,33,34). The van der Waals surface area contributed by atoms with Gasteiger partial charge >= 0.3 is 5.97 Å². The maximum Gasteiger partial charge on any atom is 0.326 e. The topological polar surface area (TPSA) is 246 Å². The maximum atomic E-state index is 13.0. The number of rotatable bonds is 18. The number of carboxylic acids is 1. The molecule has 13 nitrogen and oxygen atoms in total. The molecule has 34 heavy (non-hydrogen) atoms. The van der Waals surface area contributed by atoms with Gasteiger partial charge in [0, 0.05) is 0 Å². The molecule has 0 rings (SSSR count). The van der Waals surface area contributed by atoms with Crippen molar-refractivity contribution >= 4 is 29.6 Å². The van der Waals surface area contributed by atoms with Crippen molar-refractivity contribution in [2.24, 2.45) is 28.9 Å². The molecule has 0 heterocycles. The van der Waals surface area contributed by atoms with Gasteiger partial charge in [0.25, 0.3) is 0 Å². The molecule has 0 aromatic carbocycles. The number of primary amides is 1. The molecule has 0 spiro atoms. The van der Waals surface area contributed by atoms with Gasteiger partial charge in [0.15, 0.2) is 0 Å². The summed E-state index contributed by atoms with van der Waals surface area (Å²) >= 11 is 0. The van der Waals surface area contributed by atoms with Crippen LogP contribution in [0.4, 0.5) is 0 Å². The average molecular weight is 488 g/mol. The Bertz CT molecular complexity index is 689. The lowest BCUT2D eigenvalue weighted by Gasteiger charge is -2.25. The van der Waals surface area contributed by atoms with Crippen molar-refractivity contribution in [1.29, 1.82) is 0 Å². The van der Waals surface area contributed by atoms with Gasteiger partial charge in [-0.3, -0.25) is 19.2 Å². The number of carboxylic acid groups (broad SMARTS) is 1. The summed E-state index contributed by atoms with van der Waals surface area (Å²) in [6.07, 6.45) is 2.07. The van der Waals surface area contributed by atoms with Gasteiger partial charge in [-0.1, -0.05) is 13.8 Å². The molecule has 0 saturated heterocycles. The molecule has 0 aromatic heterocycles. The fourth-order valence-electron chi connectivity index (χ4n) is 3.04. The van der Waals surface area contributed by atoms with E-state index in [4.69, 9.17) is 22.9 Å². The molecule has 196 valence electrons. The summed E-state index contributed by atoms with van der Waals surface area (Å²) in [7, 11) is 0. The Morgan fingerprint density at radius 1 is 0.735 bits per heavy atom. The minimum absolute atomic E-state index is 0.152. The number of nitrogens with two attached hydrogens (primary N) is 4. The number of unbranched alkanes of at least 4 members (excludes halogenated alkanes) is 2. The smallest absolute Gasteiger partial charge is 0.326 e. The number of hydrogen-bond acceptors (Lipinski definition) is 8. The summed E-state index contributed by atoms with van der Waals surface area (Å²) in [6.45, 7) is 4.33. The number of hydrogen-bond donors (Lipinski definition) is 8. The lowest BCUT2D eigenvalue weighted by atomic mass is 10.0. The summed E-state index contributed by atoms with van der Waals surface area (Å²) < 4.78 is 0. The third kappa shape index (κ3) is 12.5. The molecule has 0 aliphatic carbocycles. The summed E-state index contributed by atoms with van der Waals surface area (Å²) in [6, 6.07) is -4.43. The zero-order valence-corrected chi connectivity index (χ0v) is 20.0. The van der Waals surface area contributed by atoms with Crippen LogP contribution in [0.25, 0.3) is 0 Å². The highest BCUT2D eigenvalue weighted by Gasteiger charge is 2.30. The highest BCUT2D eigenvalue weighted by Crippen LogP contribution is 2.07. The van der Waals surface area contributed by atoms with Crippen LogP contribution >= 0.6 is 0 Å². The molecule has 4 atom stereocenters. The van der Waals surface area contributed by atoms with E-state index in [0.29, 0.717) is 38.8 Å². The zero-order valence-electron chi connectivity index (χ0n) is 20.0. The molecule has 4 unspecified atom stereocenters. The van der Waals surface area contributed by atoms with Crippen molar-refractivity contribution in [2.45, 2.75) is 83.0 Å². The fraction of sp³-hybridized carbons (Fsp3) is 0.762. The molecule has 4 amide bonds. The van der Waals surface area contributed by atoms with Gasteiger partial charge in [-0.15, -0.1) is 0 Å². The van der Waals surface area contributed by atoms with Gasteiger partial charge in [-0.2, -0.15) is 0 Å². The molecule has 0 aliphatic rings. The van der Waals surface area contributed by atoms with Crippen molar-refractivity contribution in [3.63, 3.8) is 0 Å². The Morgan fingerprint density at radius 2 is 1.15 bits per heavy atom. The first-order valence-corrected chi connectivity index (χ1v) is 11.5. The molecular weight excluding hydrogens is 446 g/mol. The Hall–Kier alpha value is -2.77. The summed E-state index contributed by atoms with van der Waals surface area (Å²) in [5.41, 5.74) is 22.0. The van der Waals surface area contributed by atoms with E-state index in [1.807, 2.05) is 0 Å². The quantitative estimate of drug-likeness (QED) is 0.0962. The predicted molar refractivity (Wildman–Crippen MR) is 126 cm³/mol. The molecule has 12 N–H and O–H groups in total. The summed E-state index contributed by atoms with van der Waals surface area (Å²) in [5, 5.41) is 16.7. The molecule has 0 aliphatic heterocycles. The van der Waals surface area contributed by atoms with Gasteiger partial charge in [0.1, 0.15) is 18.1 Å². The molecule has 0 saturated carbocycles. The van der Waals surface area contributed by atoms with Crippen molar-refractivity contribution in [2.75, 3.05) is 13.1 Å². The fourth-order valence-corrected chi connectivity index (χ4v) is 3.04. The normalized spacial score (nSPS) is 14.5. The van der Waals surface area contributed by atoms with Crippen LogP contribution in [0.2, 0.25) is 0 Å². The van der Waals surface area contributed by atoms with Crippen LogP contribution < -0.4 is 38.9 Å². The molecule has 13 heteroatoms. The first-order valence-electron chi connectivity index (χ1n) is 11.5. The monoisotopic (exact) mass is 487 g/mol. The first kappa shape index (κ1) is 31.2. The number of nitrogens with one attached hydrogen (secondary N) is 3. The third-order valence-corrected chi connectivity index (χ3v) is 5.20. The molecular formula is C21H41N7O6. The van der Waals surface area contributed by atoms with Crippen molar-refractivity contribution in [3.05, 3.63) is 0 Å². The van der Waals surface area contributed by atoms with Gasteiger partial charge in [0.2, 0.25) is 23.6 Å². The van der Waals surface area contributed by atoms with Crippen LogP contribution in [-0.2, 0) is 24.0 Å². The molecule has 0 radical (unpaired) electrons. The summed E-state index contributed by atoms with van der Waals surface area (Å²) in [5.74, 6) is -4.39. The van der Waals surface area contributed by atoms with Gasteiger partial charge in [-0.05, 0) is 57.5 Å². The number of amides is 4. The van der Waals surface area contributed by atoms with E-state index in [0.717, 1.165) is 0 Å². The molecule has 0 fully saturated rings. The molecule has 0 bridgehead atoms. The van der Waals surface area contributed by atoms with Crippen LogP contribution in [-0.4, -0.2) is 72.0 Å². The van der Waals surface area contributed by atoms with Crippen LogP contribution in [0.1, 0.15) is 58.8 Å². The lowest BCUT2D eigenvalue weighted by Crippen LogP contribution is -2.57. The second-order valence-electron chi connectivity index (χ2n) is 8.53. The number of carbonyl (C=O) groups excluding carboxylic acids is 4. The van der Waals surface area contributed by atoms with Crippen molar-refractivity contribution in [3.8, 4) is 0 Å². The third-order valence-electron chi connectivity index (χ3n) is 5.20. The van der Waals surface area contributed by atoms with E-state index in [1.165, 1.54) is 0 Å². The lowest BCUT2D eigenvalue weighted by molar-refractivity contribution is -0.143. The average Bonchev–Trinajstić information content (AvgIpc) is 2.76. The van der Waals surface area contributed by atoms with E-state index < -0.39 is 60.2 Å². The van der Waals surface area contributed by atoms with Gasteiger partial charge in [0.05, 0.1) is 12.5 Å². The Morgan fingerprint density at radius 3 is 1.50 bits per heavy atom. The van der Waals surface area contributed by atoms with Crippen LogP contribution in [0, 0.1) is 5.92 Å². The van der Waals surface area contributed by atoms with Crippen molar-refractivity contribution in [1.82, 2.24) is 16.0 Å². The van der Waals surface area contributed by atoms with Gasteiger partial charge < -0.3 is 44.0 Å². The highest BCUT2D eigenvalue weighted by atomic mass is 16.4. The number of carbonyl (C=O) groups is 5.